The molecule has 108 valence electrons. The van der Waals surface area contributed by atoms with E-state index >= 15 is 0 Å². The summed E-state index contributed by atoms with van der Waals surface area (Å²) in [6.45, 7) is 2.13. The Bertz CT molecular complexity index is 606. The molecule has 0 saturated carbocycles. The van der Waals surface area contributed by atoms with E-state index < -0.39 is 12.1 Å². The molecule has 1 atom stereocenters. The van der Waals surface area contributed by atoms with Crippen molar-refractivity contribution >= 4 is 12.2 Å². The molecule has 0 radical (unpaired) electrons. The maximum atomic E-state index is 10.7. The molecule has 1 unspecified atom stereocenters. The van der Waals surface area contributed by atoms with Crippen molar-refractivity contribution in [1.82, 2.24) is 0 Å². The van der Waals surface area contributed by atoms with Crippen LogP contribution in [0.15, 0.2) is 59.6 Å². The Hall–Kier alpha value is -2.62. The van der Waals surface area contributed by atoms with Crippen molar-refractivity contribution in [2.45, 2.75) is 19.6 Å². The molecule has 21 heavy (non-hydrogen) atoms. The van der Waals surface area contributed by atoms with Gasteiger partial charge >= 0.3 is 5.97 Å². The van der Waals surface area contributed by atoms with Gasteiger partial charge < -0.3 is 9.84 Å². The van der Waals surface area contributed by atoms with E-state index in [9.17, 15) is 4.79 Å². The summed E-state index contributed by atoms with van der Waals surface area (Å²) < 4.78 is 5.26. The van der Waals surface area contributed by atoms with Crippen LogP contribution in [0.1, 0.15) is 18.1 Å². The molecule has 0 aliphatic rings. The molecular weight excluding hydrogens is 266 g/mol. The fraction of sp³-hybridized carbons (Fsp3) is 0.176. The Morgan fingerprint density at radius 2 is 1.86 bits per heavy atom. The number of aliphatic imine (C=N–C) groups is 1. The number of carboxylic acid groups (broad SMARTS) is 1. The van der Waals surface area contributed by atoms with Crippen LogP contribution in [0.5, 0.6) is 5.75 Å². The molecule has 0 spiro atoms. The smallest absolute Gasteiger partial charge is 0.344 e. The Labute approximate surface area is 123 Å². The Morgan fingerprint density at radius 3 is 2.48 bits per heavy atom. The number of aliphatic carboxylic acids is 1. The molecular formula is C17H17NO3. The summed E-state index contributed by atoms with van der Waals surface area (Å²) in [5.41, 5.74) is 2.10. The number of nitrogens with zero attached hydrogens (tertiary/aromatic N) is 1. The van der Waals surface area contributed by atoms with Gasteiger partial charge in [0.25, 0.3) is 0 Å². The van der Waals surface area contributed by atoms with Crippen molar-refractivity contribution in [3.63, 3.8) is 0 Å². The molecule has 2 aromatic rings. The van der Waals surface area contributed by atoms with Gasteiger partial charge in [0.2, 0.25) is 0 Å². The van der Waals surface area contributed by atoms with Gasteiger partial charge in [-0.25, -0.2) is 4.79 Å². The average Bonchev–Trinajstić information content (AvgIpc) is 2.50. The van der Waals surface area contributed by atoms with Crippen LogP contribution in [0, 0.1) is 0 Å². The minimum atomic E-state index is -0.983. The zero-order chi connectivity index (χ0) is 15.1. The summed E-state index contributed by atoms with van der Waals surface area (Å²) in [4.78, 5) is 15.1. The number of carbonyl (C=O) groups is 1. The summed E-state index contributed by atoms with van der Waals surface area (Å²) in [6, 6.07) is 17.2. The van der Waals surface area contributed by atoms with Crippen molar-refractivity contribution in [2.75, 3.05) is 0 Å². The van der Waals surface area contributed by atoms with Crippen LogP contribution in [0.25, 0.3) is 0 Å². The number of hydrogen-bond donors (Lipinski definition) is 1. The maximum absolute atomic E-state index is 10.7. The quantitative estimate of drug-likeness (QED) is 0.828. The molecule has 0 aromatic heterocycles. The van der Waals surface area contributed by atoms with Crippen LogP contribution < -0.4 is 4.74 Å². The van der Waals surface area contributed by atoms with Crippen LogP contribution >= 0.6 is 0 Å². The zero-order valence-electron chi connectivity index (χ0n) is 11.8. The fourth-order valence-electron chi connectivity index (χ4n) is 1.73. The van der Waals surface area contributed by atoms with Gasteiger partial charge in [-0.3, -0.25) is 4.99 Å². The minimum Gasteiger partial charge on any atom is -0.479 e. The van der Waals surface area contributed by atoms with E-state index in [-0.39, 0.29) is 0 Å². The second kappa shape index (κ2) is 7.24. The second-order valence-corrected chi connectivity index (χ2v) is 4.62. The molecule has 0 aliphatic heterocycles. The van der Waals surface area contributed by atoms with Gasteiger partial charge in [-0.1, -0.05) is 30.3 Å². The van der Waals surface area contributed by atoms with Gasteiger partial charge in [-0.2, -0.15) is 0 Å². The van der Waals surface area contributed by atoms with Crippen LogP contribution in [0.2, 0.25) is 0 Å². The highest BCUT2D eigenvalue weighted by atomic mass is 16.5. The molecule has 0 amide bonds. The highest BCUT2D eigenvalue weighted by Crippen LogP contribution is 2.13. The first-order valence-corrected chi connectivity index (χ1v) is 6.68. The largest absolute Gasteiger partial charge is 0.479 e. The average molecular weight is 283 g/mol. The van der Waals surface area contributed by atoms with E-state index in [1.54, 1.807) is 18.3 Å². The van der Waals surface area contributed by atoms with Gasteiger partial charge in [0, 0.05) is 6.21 Å². The summed E-state index contributed by atoms with van der Waals surface area (Å²) in [6.07, 6.45) is 0.930. The number of rotatable bonds is 6. The van der Waals surface area contributed by atoms with E-state index in [4.69, 9.17) is 9.84 Å². The molecule has 0 aliphatic carbocycles. The number of hydrogen-bond acceptors (Lipinski definition) is 3. The van der Waals surface area contributed by atoms with Crippen molar-refractivity contribution in [3.05, 3.63) is 65.7 Å². The fourth-order valence-corrected chi connectivity index (χ4v) is 1.73. The third kappa shape index (κ3) is 4.76. The lowest BCUT2D eigenvalue weighted by atomic mass is 10.2. The first-order chi connectivity index (χ1) is 10.1. The predicted molar refractivity (Wildman–Crippen MR) is 81.9 cm³/mol. The lowest BCUT2D eigenvalue weighted by Crippen LogP contribution is -2.22. The molecule has 0 saturated heterocycles. The first kappa shape index (κ1) is 14.8. The lowest BCUT2D eigenvalue weighted by molar-refractivity contribution is -0.144. The Balaban J connectivity index is 1.91. The van der Waals surface area contributed by atoms with Crippen molar-refractivity contribution in [1.29, 1.82) is 0 Å². The molecule has 2 rings (SSSR count). The number of carboxylic acids is 1. The van der Waals surface area contributed by atoms with Crippen LogP contribution in [-0.4, -0.2) is 23.4 Å². The van der Waals surface area contributed by atoms with E-state index in [1.807, 2.05) is 42.5 Å². The van der Waals surface area contributed by atoms with Gasteiger partial charge in [0.15, 0.2) is 6.10 Å². The molecule has 0 fully saturated rings. The SMILES string of the molecule is CC(Oc1ccc(C=NCc2ccccc2)cc1)C(=O)O. The predicted octanol–water partition coefficient (Wildman–Crippen LogP) is 3.16. The standard InChI is InChI=1S/C17H17NO3/c1-13(17(19)20)21-16-9-7-15(8-10-16)12-18-11-14-5-3-2-4-6-14/h2-10,12-13H,11H2,1H3,(H,19,20). The van der Waals surface area contributed by atoms with E-state index in [1.165, 1.54) is 6.92 Å². The molecule has 2 aromatic carbocycles. The third-order valence-corrected chi connectivity index (χ3v) is 2.90. The Kier molecular flexibility index (Phi) is 5.10. The van der Waals surface area contributed by atoms with Gasteiger partial charge in [-0.05, 0) is 42.3 Å². The van der Waals surface area contributed by atoms with Gasteiger partial charge in [0.1, 0.15) is 5.75 Å². The van der Waals surface area contributed by atoms with Gasteiger partial charge in [-0.15, -0.1) is 0 Å². The zero-order valence-corrected chi connectivity index (χ0v) is 11.8. The van der Waals surface area contributed by atoms with Crippen molar-refractivity contribution in [2.24, 2.45) is 4.99 Å². The molecule has 0 bridgehead atoms. The summed E-state index contributed by atoms with van der Waals surface area (Å²) in [7, 11) is 0. The van der Waals surface area contributed by atoms with Crippen molar-refractivity contribution < 1.29 is 14.6 Å². The van der Waals surface area contributed by atoms with Crippen LogP contribution in [0.3, 0.4) is 0 Å². The number of ether oxygens (including phenoxy) is 1. The monoisotopic (exact) mass is 283 g/mol. The van der Waals surface area contributed by atoms with E-state index in [0.29, 0.717) is 12.3 Å². The van der Waals surface area contributed by atoms with Crippen LogP contribution in [0.4, 0.5) is 0 Å². The van der Waals surface area contributed by atoms with E-state index in [0.717, 1.165) is 11.1 Å². The normalized spacial score (nSPS) is 12.2. The summed E-state index contributed by atoms with van der Waals surface area (Å²) >= 11 is 0. The number of benzene rings is 2. The lowest BCUT2D eigenvalue weighted by Gasteiger charge is -2.09. The summed E-state index contributed by atoms with van der Waals surface area (Å²) in [5.74, 6) is -0.450. The first-order valence-electron chi connectivity index (χ1n) is 6.68. The molecule has 1 N–H and O–H groups in total. The van der Waals surface area contributed by atoms with Crippen molar-refractivity contribution in [3.8, 4) is 5.75 Å². The molecule has 4 heteroatoms. The topological polar surface area (TPSA) is 58.9 Å². The third-order valence-electron chi connectivity index (χ3n) is 2.90. The summed E-state index contributed by atoms with van der Waals surface area (Å²) in [5, 5.41) is 8.78. The highest BCUT2D eigenvalue weighted by molar-refractivity contribution is 5.79. The van der Waals surface area contributed by atoms with Crippen LogP contribution in [-0.2, 0) is 11.3 Å². The molecule has 0 heterocycles. The minimum absolute atomic E-state index is 0.533. The van der Waals surface area contributed by atoms with Gasteiger partial charge in [0.05, 0.1) is 6.54 Å². The Morgan fingerprint density at radius 1 is 1.19 bits per heavy atom. The molecule has 4 nitrogen and oxygen atoms in total. The maximum Gasteiger partial charge on any atom is 0.344 e. The highest BCUT2D eigenvalue weighted by Gasteiger charge is 2.11. The van der Waals surface area contributed by atoms with E-state index in [2.05, 4.69) is 4.99 Å². The second-order valence-electron chi connectivity index (χ2n) is 4.62.